The van der Waals surface area contributed by atoms with Gasteiger partial charge in [0.2, 0.25) is 0 Å². The standard InChI is InChI=1S/C11H15NO5/c1-2-5-16-11(15)12-9-7-4-3-6(17-7)8(9)10(13)14/h2,6-9H,1,3-5H2,(H,12,15)(H,13,14)/t6-,7+,8-,9+/m0/s1. The molecule has 6 heteroatoms. The van der Waals surface area contributed by atoms with Gasteiger partial charge in [-0.15, -0.1) is 0 Å². The van der Waals surface area contributed by atoms with E-state index in [1.807, 2.05) is 0 Å². The second-order valence-corrected chi connectivity index (χ2v) is 4.21. The fourth-order valence-corrected chi connectivity index (χ4v) is 2.49. The molecule has 0 aromatic heterocycles. The highest BCUT2D eigenvalue weighted by atomic mass is 16.6. The molecule has 0 saturated carbocycles. The number of hydrogen-bond acceptors (Lipinski definition) is 4. The number of amides is 1. The molecule has 0 radical (unpaired) electrons. The number of ether oxygens (including phenoxy) is 2. The van der Waals surface area contributed by atoms with E-state index in [0.717, 1.165) is 12.8 Å². The highest BCUT2D eigenvalue weighted by molar-refractivity contribution is 5.75. The number of carbonyl (C=O) groups excluding carboxylic acids is 1. The van der Waals surface area contributed by atoms with Gasteiger partial charge in [-0.1, -0.05) is 12.7 Å². The van der Waals surface area contributed by atoms with Crippen LogP contribution in [0.2, 0.25) is 0 Å². The largest absolute Gasteiger partial charge is 0.481 e. The lowest BCUT2D eigenvalue weighted by Gasteiger charge is -2.25. The maximum atomic E-state index is 11.4. The van der Waals surface area contributed by atoms with Crippen LogP contribution in [0.25, 0.3) is 0 Å². The van der Waals surface area contributed by atoms with Crippen LogP contribution in [-0.4, -0.2) is 42.0 Å². The molecule has 0 aromatic rings. The van der Waals surface area contributed by atoms with Crippen molar-refractivity contribution in [3.63, 3.8) is 0 Å². The number of carbonyl (C=O) groups is 2. The third-order valence-corrected chi connectivity index (χ3v) is 3.18. The van der Waals surface area contributed by atoms with E-state index < -0.39 is 24.0 Å². The Bertz CT molecular complexity index is 343. The Hall–Kier alpha value is -1.56. The second kappa shape index (κ2) is 4.75. The molecule has 2 bridgehead atoms. The lowest BCUT2D eigenvalue weighted by Crippen LogP contribution is -2.49. The Kier molecular flexibility index (Phi) is 3.33. The molecule has 94 valence electrons. The van der Waals surface area contributed by atoms with Crippen LogP contribution in [0, 0.1) is 5.92 Å². The van der Waals surface area contributed by atoms with Crippen LogP contribution in [0.4, 0.5) is 4.79 Å². The molecular formula is C11H15NO5. The SMILES string of the molecule is C=CCOC(=O)N[C@H]1[C@@H](C(=O)O)[C@@H]2CC[C@H]1O2. The van der Waals surface area contributed by atoms with E-state index in [2.05, 4.69) is 11.9 Å². The van der Waals surface area contributed by atoms with Crippen molar-refractivity contribution in [1.82, 2.24) is 5.32 Å². The van der Waals surface area contributed by atoms with Gasteiger partial charge < -0.3 is 19.9 Å². The van der Waals surface area contributed by atoms with Gasteiger partial charge in [-0.3, -0.25) is 4.79 Å². The van der Waals surface area contributed by atoms with Crippen LogP contribution in [0.1, 0.15) is 12.8 Å². The average molecular weight is 241 g/mol. The van der Waals surface area contributed by atoms with Crippen LogP contribution >= 0.6 is 0 Å². The Morgan fingerprint density at radius 1 is 1.47 bits per heavy atom. The zero-order chi connectivity index (χ0) is 12.4. The van der Waals surface area contributed by atoms with Crippen molar-refractivity contribution in [3.05, 3.63) is 12.7 Å². The number of carboxylic acids is 1. The van der Waals surface area contributed by atoms with E-state index in [1.54, 1.807) is 0 Å². The zero-order valence-electron chi connectivity index (χ0n) is 9.30. The summed E-state index contributed by atoms with van der Waals surface area (Å²) >= 11 is 0. The normalized spacial score (nSPS) is 34.4. The van der Waals surface area contributed by atoms with Crippen molar-refractivity contribution in [2.75, 3.05) is 6.61 Å². The number of carboxylic acid groups (broad SMARTS) is 1. The second-order valence-electron chi connectivity index (χ2n) is 4.21. The third-order valence-electron chi connectivity index (χ3n) is 3.18. The van der Waals surface area contributed by atoms with Crippen LogP contribution in [0.3, 0.4) is 0 Å². The minimum absolute atomic E-state index is 0.102. The van der Waals surface area contributed by atoms with Gasteiger partial charge in [0.05, 0.1) is 18.2 Å². The maximum Gasteiger partial charge on any atom is 0.407 e. The van der Waals surface area contributed by atoms with Crippen LogP contribution in [0.5, 0.6) is 0 Å². The van der Waals surface area contributed by atoms with Gasteiger partial charge in [0.1, 0.15) is 12.5 Å². The molecule has 2 heterocycles. The van der Waals surface area contributed by atoms with Gasteiger partial charge in [-0.25, -0.2) is 4.79 Å². The van der Waals surface area contributed by atoms with E-state index in [9.17, 15) is 9.59 Å². The molecule has 0 unspecified atom stereocenters. The minimum Gasteiger partial charge on any atom is -0.481 e. The maximum absolute atomic E-state index is 11.4. The van der Waals surface area contributed by atoms with Crippen molar-refractivity contribution in [3.8, 4) is 0 Å². The monoisotopic (exact) mass is 241 g/mol. The fourth-order valence-electron chi connectivity index (χ4n) is 2.49. The van der Waals surface area contributed by atoms with Crippen molar-refractivity contribution >= 4 is 12.1 Å². The first-order valence-electron chi connectivity index (χ1n) is 5.56. The number of alkyl carbamates (subject to hydrolysis) is 1. The molecule has 2 rings (SSSR count). The van der Waals surface area contributed by atoms with Gasteiger partial charge in [0.15, 0.2) is 0 Å². The number of fused-ring (bicyclic) bond motifs is 2. The first-order chi connectivity index (χ1) is 8.13. The molecule has 2 aliphatic rings. The quantitative estimate of drug-likeness (QED) is 0.701. The van der Waals surface area contributed by atoms with Crippen molar-refractivity contribution in [1.29, 1.82) is 0 Å². The first-order valence-corrected chi connectivity index (χ1v) is 5.56. The van der Waals surface area contributed by atoms with Crippen molar-refractivity contribution in [2.24, 2.45) is 5.92 Å². The molecule has 17 heavy (non-hydrogen) atoms. The molecule has 2 fully saturated rings. The molecular weight excluding hydrogens is 226 g/mol. The Morgan fingerprint density at radius 2 is 2.18 bits per heavy atom. The Morgan fingerprint density at radius 3 is 2.82 bits per heavy atom. The van der Waals surface area contributed by atoms with Crippen LogP contribution in [0.15, 0.2) is 12.7 Å². The number of aliphatic carboxylic acids is 1. The molecule has 2 saturated heterocycles. The van der Waals surface area contributed by atoms with Crippen molar-refractivity contribution in [2.45, 2.75) is 31.1 Å². The summed E-state index contributed by atoms with van der Waals surface area (Å²) < 4.78 is 10.3. The predicted molar refractivity (Wildman–Crippen MR) is 57.5 cm³/mol. The average Bonchev–Trinajstić information content (AvgIpc) is 2.86. The van der Waals surface area contributed by atoms with Gasteiger partial charge >= 0.3 is 12.1 Å². The third kappa shape index (κ3) is 2.26. The number of hydrogen-bond donors (Lipinski definition) is 2. The molecule has 2 N–H and O–H groups in total. The zero-order valence-corrected chi connectivity index (χ0v) is 9.30. The van der Waals surface area contributed by atoms with E-state index in [0.29, 0.717) is 0 Å². The van der Waals surface area contributed by atoms with Gasteiger partial charge in [-0.05, 0) is 12.8 Å². The van der Waals surface area contributed by atoms with Gasteiger partial charge in [0, 0.05) is 0 Å². The Labute approximate surface area is 98.6 Å². The molecule has 4 atom stereocenters. The summed E-state index contributed by atoms with van der Waals surface area (Å²) in [4.78, 5) is 22.5. The van der Waals surface area contributed by atoms with Crippen LogP contribution < -0.4 is 5.32 Å². The first kappa shape index (κ1) is 11.9. The number of rotatable bonds is 4. The van der Waals surface area contributed by atoms with Crippen molar-refractivity contribution < 1.29 is 24.2 Å². The summed E-state index contributed by atoms with van der Waals surface area (Å²) in [5, 5.41) is 11.7. The summed E-state index contributed by atoms with van der Waals surface area (Å²) in [5.74, 6) is -1.61. The summed E-state index contributed by atoms with van der Waals surface area (Å²) in [7, 11) is 0. The summed E-state index contributed by atoms with van der Waals surface area (Å²) in [5.41, 5.74) is 0. The van der Waals surface area contributed by atoms with Gasteiger partial charge in [-0.2, -0.15) is 0 Å². The smallest absolute Gasteiger partial charge is 0.407 e. The minimum atomic E-state index is -0.939. The Balaban J connectivity index is 1.96. The summed E-state index contributed by atoms with van der Waals surface area (Å²) in [6.07, 6.45) is 1.84. The lowest BCUT2D eigenvalue weighted by molar-refractivity contribution is -0.144. The molecule has 0 aromatic carbocycles. The highest BCUT2D eigenvalue weighted by Crippen LogP contribution is 2.39. The summed E-state index contributed by atoms with van der Waals surface area (Å²) in [6.45, 7) is 3.52. The van der Waals surface area contributed by atoms with E-state index in [4.69, 9.17) is 14.6 Å². The van der Waals surface area contributed by atoms with E-state index in [1.165, 1.54) is 6.08 Å². The van der Waals surface area contributed by atoms with Gasteiger partial charge in [0.25, 0.3) is 0 Å². The predicted octanol–water partition coefficient (Wildman–Crippen LogP) is 0.529. The topological polar surface area (TPSA) is 84.9 Å². The van der Waals surface area contributed by atoms with Crippen LogP contribution in [-0.2, 0) is 14.3 Å². The van der Waals surface area contributed by atoms with E-state index >= 15 is 0 Å². The molecule has 1 amide bonds. The number of nitrogens with one attached hydrogen (secondary N) is 1. The molecule has 0 spiro atoms. The lowest BCUT2D eigenvalue weighted by atomic mass is 9.84. The molecule has 0 aliphatic carbocycles. The fraction of sp³-hybridized carbons (Fsp3) is 0.636. The molecule has 2 aliphatic heterocycles. The van der Waals surface area contributed by atoms with E-state index in [-0.39, 0.29) is 18.8 Å². The highest BCUT2D eigenvalue weighted by Gasteiger charge is 2.53. The molecule has 6 nitrogen and oxygen atoms in total. The summed E-state index contributed by atoms with van der Waals surface area (Å²) in [6, 6.07) is -0.497.